The van der Waals surface area contributed by atoms with Crippen LogP contribution in [0.25, 0.3) is 0 Å². The average molecular weight is 751 g/mol. The first-order valence-electron chi connectivity index (χ1n) is 20.2. The molecule has 0 radical (unpaired) electrons. The quantitative estimate of drug-likeness (QED) is 0.123. The van der Waals surface area contributed by atoms with Crippen LogP contribution in [-0.4, -0.2) is 6.04 Å². The monoisotopic (exact) mass is 750 g/mol. The molecule has 4 nitrogen and oxygen atoms in total. The first-order chi connectivity index (χ1) is 28.8. The Hall–Kier alpha value is -7.30. The Morgan fingerprint density at radius 3 is 1.09 bits per heavy atom. The summed E-state index contributed by atoms with van der Waals surface area (Å²) in [5, 5.41) is 0. The molecule has 0 N–H and O–H groups in total. The van der Waals surface area contributed by atoms with Gasteiger partial charge in [0.2, 0.25) is 0 Å². The summed E-state index contributed by atoms with van der Waals surface area (Å²) in [5.41, 5.74) is 12.3. The summed E-state index contributed by atoms with van der Waals surface area (Å²) in [7, 11) is 0. The molecule has 0 amide bonds. The van der Waals surface area contributed by atoms with Crippen LogP contribution in [0.15, 0.2) is 242 Å². The Bertz CT molecular complexity index is 2470. The fraction of sp³-hybridized carbons (Fsp3) is 0.0741. The standard InChI is InChI=1S/C54H46N4/c1-7-19-43(20-8-1)55(44-21-9-2-10-22-44)49-31-37-52(38-32-49)58(53-39-33-50(34-40-53)56(45-23-11-3-12-24-45)46-25-13-4-14-26-46)54-41-35-51(36-42-54)57(47-27-15-5-16-28-47)48-29-17-6-18-30-48/h1-5,7-17,19-25,27-42,46H,6,18,26H2. The van der Waals surface area contributed by atoms with Crippen LogP contribution in [0.1, 0.15) is 19.3 Å². The van der Waals surface area contributed by atoms with E-state index < -0.39 is 0 Å². The van der Waals surface area contributed by atoms with Crippen molar-refractivity contribution in [2.45, 2.75) is 25.3 Å². The Morgan fingerprint density at radius 1 is 0.328 bits per heavy atom. The third-order valence-electron chi connectivity index (χ3n) is 10.7. The summed E-state index contributed by atoms with van der Waals surface area (Å²) in [6.07, 6.45) is 18.7. The smallest absolute Gasteiger partial charge is 0.0559 e. The molecule has 282 valence electrons. The molecular formula is C54H46N4. The second kappa shape index (κ2) is 17.2. The minimum absolute atomic E-state index is 0.230. The fourth-order valence-electron chi connectivity index (χ4n) is 7.98. The number of para-hydroxylation sites is 4. The van der Waals surface area contributed by atoms with Crippen molar-refractivity contribution < 1.29 is 0 Å². The summed E-state index contributed by atoms with van der Waals surface area (Å²) in [5.74, 6) is 0. The lowest BCUT2D eigenvalue weighted by atomic mass is 10.0. The minimum Gasteiger partial charge on any atom is -0.334 e. The average Bonchev–Trinajstić information content (AvgIpc) is 3.30. The van der Waals surface area contributed by atoms with E-state index in [9.17, 15) is 0 Å². The first-order valence-corrected chi connectivity index (χ1v) is 20.2. The molecule has 58 heavy (non-hydrogen) atoms. The molecule has 1 unspecified atom stereocenters. The van der Waals surface area contributed by atoms with Gasteiger partial charge in [-0.05, 0) is 147 Å². The molecule has 0 fully saturated rings. The number of rotatable bonds is 12. The zero-order valence-corrected chi connectivity index (χ0v) is 32.5. The van der Waals surface area contributed by atoms with Gasteiger partial charge in [0.05, 0.1) is 6.04 Å². The normalized spacial score (nSPS) is 14.4. The van der Waals surface area contributed by atoms with Gasteiger partial charge in [0.1, 0.15) is 0 Å². The third kappa shape index (κ3) is 7.86. The molecule has 1 atom stereocenters. The fourth-order valence-corrected chi connectivity index (χ4v) is 7.98. The number of hydrogen-bond donors (Lipinski definition) is 0. The van der Waals surface area contributed by atoms with Crippen LogP contribution in [0.3, 0.4) is 0 Å². The Labute approximate surface area is 342 Å². The Balaban J connectivity index is 1.11. The highest BCUT2D eigenvalue weighted by atomic mass is 15.2. The lowest BCUT2D eigenvalue weighted by molar-refractivity contribution is 0.785. The van der Waals surface area contributed by atoms with Crippen molar-refractivity contribution in [3.05, 3.63) is 242 Å². The first kappa shape index (κ1) is 36.3. The molecule has 0 aromatic heterocycles. The van der Waals surface area contributed by atoms with Crippen LogP contribution in [0.4, 0.5) is 56.9 Å². The highest BCUT2D eigenvalue weighted by Crippen LogP contribution is 2.42. The van der Waals surface area contributed by atoms with E-state index in [0.29, 0.717) is 0 Å². The lowest BCUT2D eigenvalue weighted by Crippen LogP contribution is -2.29. The van der Waals surface area contributed by atoms with E-state index in [1.54, 1.807) is 0 Å². The molecule has 4 heteroatoms. The number of nitrogens with zero attached hydrogens (tertiary/aromatic N) is 4. The molecule has 2 aliphatic rings. The summed E-state index contributed by atoms with van der Waals surface area (Å²) >= 11 is 0. The zero-order chi connectivity index (χ0) is 38.9. The van der Waals surface area contributed by atoms with Crippen LogP contribution in [-0.2, 0) is 0 Å². The maximum Gasteiger partial charge on any atom is 0.0559 e. The van der Waals surface area contributed by atoms with Gasteiger partial charge < -0.3 is 19.6 Å². The molecule has 9 rings (SSSR count). The number of allylic oxidation sites excluding steroid dienone is 5. The van der Waals surface area contributed by atoms with Crippen molar-refractivity contribution in [1.82, 2.24) is 0 Å². The summed E-state index contributed by atoms with van der Waals surface area (Å²) < 4.78 is 0. The molecule has 0 spiro atoms. The third-order valence-corrected chi connectivity index (χ3v) is 10.7. The van der Waals surface area contributed by atoms with Crippen molar-refractivity contribution in [3.8, 4) is 0 Å². The van der Waals surface area contributed by atoms with Gasteiger partial charge in [-0.1, -0.05) is 109 Å². The van der Waals surface area contributed by atoms with Gasteiger partial charge in [-0.25, -0.2) is 0 Å². The molecule has 2 aliphatic carbocycles. The molecule has 7 aromatic rings. The van der Waals surface area contributed by atoms with Crippen molar-refractivity contribution in [3.63, 3.8) is 0 Å². The molecule has 0 saturated heterocycles. The minimum atomic E-state index is 0.230. The molecule has 0 bridgehead atoms. The second-order valence-corrected chi connectivity index (χ2v) is 14.5. The van der Waals surface area contributed by atoms with Crippen LogP contribution in [0.2, 0.25) is 0 Å². The highest BCUT2D eigenvalue weighted by Gasteiger charge is 2.21. The van der Waals surface area contributed by atoms with Gasteiger partial charge in [-0.15, -0.1) is 0 Å². The van der Waals surface area contributed by atoms with Crippen LogP contribution in [0.5, 0.6) is 0 Å². The summed E-state index contributed by atoms with van der Waals surface area (Å²) in [6, 6.07) is 69.6. The van der Waals surface area contributed by atoms with Crippen molar-refractivity contribution in [1.29, 1.82) is 0 Å². The topological polar surface area (TPSA) is 13.0 Å². The van der Waals surface area contributed by atoms with Crippen molar-refractivity contribution in [2.24, 2.45) is 0 Å². The van der Waals surface area contributed by atoms with E-state index >= 15 is 0 Å². The van der Waals surface area contributed by atoms with Crippen molar-refractivity contribution in [2.75, 3.05) is 19.6 Å². The van der Waals surface area contributed by atoms with Crippen molar-refractivity contribution >= 4 is 56.9 Å². The molecule has 0 saturated carbocycles. The summed E-state index contributed by atoms with van der Waals surface area (Å²) in [6.45, 7) is 0. The maximum absolute atomic E-state index is 2.44. The molecule has 7 aromatic carbocycles. The molecule has 0 heterocycles. The van der Waals surface area contributed by atoms with Crippen LogP contribution in [0, 0.1) is 0 Å². The molecular weight excluding hydrogens is 705 g/mol. The van der Waals surface area contributed by atoms with E-state index in [1.807, 2.05) is 0 Å². The van der Waals surface area contributed by atoms with Crippen LogP contribution < -0.4 is 19.6 Å². The van der Waals surface area contributed by atoms with E-state index in [2.05, 4.69) is 256 Å². The SMILES string of the molecule is C1=CCC(N(c2ccccc2)c2ccc(N(c3ccc(N(C4=CCCC=C4)c4ccccc4)cc3)c3ccc(N(c4ccccc4)c4ccccc4)cc3)cc2)C=C1. The van der Waals surface area contributed by atoms with E-state index in [-0.39, 0.29) is 6.04 Å². The lowest BCUT2D eigenvalue weighted by Gasteiger charge is -2.33. The van der Waals surface area contributed by atoms with Gasteiger partial charge in [0, 0.05) is 62.6 Å². The summed E-state index contributed by atoms with van der Waals surface area (Å²) in [4.78, 5) is 9.45. The van der Waals surface area contributed by atoms with Gasteiger partial charge in [0.15, 0.2) is 0 Å². The van der Waals surface area contributed by atoms with Gasteiger partial charge in [0.25, 0.3) is 0 Å². The second-order valence-electron chi connectivity index (χ2n) is 14.5. The predicted octanol–water partition coefficient (Wildman–Crippen LogP) is 15.0. The zero-order valence-electron chi connectivity index (χ0n) is 32.5. The molecule has 0 aliphatic heterocycles. The van der Waals surface area contributed by atoms with E-state index in [0.717, 1.165) is 70.4 Å². The van der Waals surface area contributed by atoms with Crippen LogP contribution >= 0.6 is 0 Å². The van der Waals surface area contributed by atoms with E-state index in [4.69, 9.17) is 0 Å². The highest BCUT2D eigenvalue weighted by molar-refractivity contribution is 5.83. The Kier molecular flexibility index (Phi) is 10.8. The predicted molar refractivity (Wildman–Crippen MR) is 246 cm³/mol. The number of hydrogen-bond acceptors (Lipinski definition) is 4. The number of benzene rings is 7. The number of anilines is 10. The Morgan fingerprint density at radius 2 is 0.690 bits per heavy atom. The van der Waals surface area contributed by atoms with E-state index in [1.165, 1.54) is 11.4 Å². The maximum atomic E-state index is 2.44. The van der Waals surface area contributed by atoms with Gasteiger partial charge in [-0.2, -0.15) is 0 Å². The largest absolute Gasteiger partial charge is 0.334 e. The van der Waals surface area contributed by atoms with Gasteiger partial charge >= 0.3 is 0 Å². The van der Waals surface area contributed by atoms with Gasteiger partial charge in [-0.3, -0.25) is 0 Å².